The van der Waals surface area contributed by atoms with Gasteiger partial charge < -0.3 is 4.57 Å². The summed E-state index contributed by atoms with van der Waals surface area (Å²) in [6.07, 6.45) is 4.88. The van der Waals surface area contributed by atoms with Crippen LogP contribution in [0.2, 0.25) is 0 Å². The second kappa shape index (κ2) is 6.01. The van der Waals surface area contributed by atoms with Crippen LogP contribution in [0.25, 0.3) is 0 Å². The van der Waals surface area contributed by atoms with Gasteiger partial charge in [-0.25, -0.2) is 9.99 Å². The molecule has 1 aliphatic rings. The molecule has 0 aliphatic carbocycles. The largest absolute Gasteiger partial charge is 0.328 e. The molecule has 0 saturated carbocycles. The fraction of sp³-hybridized carbons (Fsp3) is 0.214. The van der Waals surface area contributed by atoms with Crippen LogP contribution in [0.1, 0.15) is 10.9 Å². The third-order valence-corrected chi connectivity index (χ3v) is 4.30. The number of carbonyl (C=O) groups is 2. The van der Waals surface area contributed by atoms with Crippen molar-refractivity contribution < 1.29 is 9.59 Å². The topological polar surface area (TPSA) is 67.2 Å². The summed E-state index contributed by atoms with van der Waals surface area (Å²) in [5.41, 5.74) is 3.69. The minimum Gasteiger partial charge on any atom is -0.328 e. The lowest BCUT2D eigenvalue weighted by Gasteiger charge is -2.24. The molecule has 1 aromatic heterocycles. The van der Waals surface area contributed by atoms with Crippen molar-refractivity contribution in [2.75, 3.05) is 5.75 Å². The van der Waals surface area contributed by atoms with Gasteiger partial charge in [0, 0.05) is 12.4 Å². The first-order valence-corrected chi connectivity index (χ1v) is 7.53. The summed E-state index contributed by atoms with van der Waals surface area (Å²) < 4.78 is 1.65. The summed E-state index contributed by atoms with van der Waals surface area (Å²) in [5.74, 6) is 0.0304. The molecule has 2 amide bonds. The van der Waals surface area contributed by atoms with E-state index < -0.39 is 0 Å². The van der Waals surface area contributed by atoms with Crippen LogP contribution in [-0.4, -0.2) is 32.1 Å². The van der Waals surface area contributed by atoms with Crippen molar-refractivity contribution in [3.63, 3.8) is 0 Å². The monoisotopic (exact) mass is 302 g/mol. The smallest absolute Gasteiger partial charge is 0.258 e. The first kappa shape index (κ1) is 13.7. The van der Waals surface area contributed by atoms with Crippen molar-refractivity contribution in [2.45, 2.75) is 11.9 Å². The Morgan fingerprint density at radius 2 is 2.19 bits per heavy atom. The molecule has 1 saturated heterocycles. The van der Waals surface area contributed by atoms with Gasteiger partial charge in [-0.15, -0.1) is 11.8 Å². The molecule has 1 atom stereocenters. The van der Waals surface area contributed by atoms with Gasteiger partial charge in [0.15, 0.2) is 0 Å². The van der Waals surface area contributed by atoms with Crippen LogP contribution in [0.15, 0.2) is 49.1 Å². The van der Waals surface area contributed by atoms with Crippen LogP contribution in [0, 0.1) is 0 Å². The maximum absolute atomic E-state index is 12.0. The highest BCUT2D eigenvalue weighted by atomic mass is 32.2. The van der Waals surface area contributed by atoms with Gasteiger partial charge >= 0.3 is 0 Å². The number of hydrogen-bond donors (Lipinski definition) is 1. The van der Waals surface area contributed by atoms with Crippen LogP contribution >= 0.6 is 11.8 Å². The van der Waals surface area contributed by atoms with Gasteiger partial charge in [0.2, 0.25) is 0 Å². The summed E-state index contributed by atoms with van der Waals surface area (Å²) in [4.78, 5) is 27.9. The Balaban J connectivity index is 1.70. The second-order valence-electron chi connectivity index (χ2n) is 4.61. The van der Waals surface area contributed by atoms with Crippen LogP contribution in [-0.2, 0) is 16.1 Å². The summed E-state index contributed by atoms with van der Waals surface area (Å²) in [5, 5.41) is 1.24. The van der Waals surface area contributed by atoms with E-state index in [-0.39, 0.29) is 23.7 Å². The molecular formula is C14H14N4O2S. The first-order valence-electron chi connectivity index (χ1n) is 6.48. The van der Waals surface area contributed by atoms with Crippen LogP contribution in [0.5, 0.6) is 0 Å². The molecule has 1 aliphatic heterocycles. The number of benzene rings is 1. The molecule has 1 unspecified atom stereocenters. The van der Waals surface area contributed by atoms with Crippen LogP contribution in [0.4, 0.5) is 0 Å². The number of nitrogens with zero attached hydrogens (tertiary/aromatic N) is 3. The second-order valence-corrected chi connectivity index (χ2v) is 5.68. The molecule has 7 heteroatoms. The van der Waals surface area contributed by atoms with Crippen molar-refractivity contribution in [3.05, 3.63) is 54.6 Å². The first-order chi connectivity index (χ1) is 10.2. The summed E-state index contributed by atoms with van der Waals surface area (Å²) in [6, 6.07) is 9.66. The number of amides is 2. The number of thioether (sulfide) groups is 1. The zero-order valence-electron chi connectivity index (χ0n) is 11.2. The summed E-state index contributed by atoms with van der Waals surface area (Å²) in [6.45, 7) is 0.135. The Hall–Kier alpha value is -2.28. The molecule has 0 spiro atoms. The van der Waals surface area contributed by atoms with Crippen molar-refractivity contribution in [3.8, 4) is 0 Å². The van der Waals surface area contributed by atoms with Crippen molar-refractivity contribution in [2.24, 2.45) is 0 Å². The van der Waals surface area contributed by atoms with Gasteiger partial charge in [-0.2, -0.15) is 0 Å². The average Bonchev–Trinajstić information content (AvgIpc) is 3.11. The molecule has 1 aromatic carbocycles. The fourth-order valence-electron chi connectivity index (χ4n) is 2.12. The minimum absolute atomic E-state index is 0.0900. The van der Waals surface area contributed by atoms with E-state index in [0.717, 1.165) is 5.56 Å². The van der Waals surface area contributed by atoms with Gasteiger partial charge in [-0.3, -0.25) is 15.0 Å². The van der Waals surface area contributed by atoms with Crippen molar-refractivity contribution in [1.29, 1.82) is 0 Å². The molecule has 0 bridgehead atoms. The summed E-state index contributed by atoms with van der Waals surface area (Å²) in [7, 11) is 0. The quantitative estimate of drug-likeness (QED) is 0.921. The lowest BCUT2D eigenvalue weighted by molar-refractivity contribution is -0.139. The minimum atomic E-state index is -0.246. The highest BCUT2D eigenvalue weighted by Gasteiger charge is 2.34. The van der Waals surface area contributed by atoms with E-state index in [9.17, 15) is 9.59 Å². The van der Waals surface area contributed by atoms with Crippen molar-refractivity contribution in [1.82, 2.24) is 20.0 Å². The number of aromatic nitrogens is 2. The maximum Gasteiger partial charge on any atom is 0.258 e. The molecule has 6 nitrogen and oxygen atoms in total. The predicted molar refractivity (Wildman–Crippen MR) is 78.9 cm³/mol. The van der Waals surface area contributed by atoms with E-state index in [1.165, 1.54) is 16.8 Å². The molecular weight excluding hydrogens is 288 g/mol. The Bertz CT molecular complexity index is 630. The molecule has 1 N–H and O–H groups in total. The Kier molecular flexibility index (Phi) is 3.92. The molecule has 0 radical (unpaired) electrons. The number of hydrogen-bond acceptors (Lipinski definition) is 4. The maximum atomic E-state index is 12.0. The van der Waals surface area contributed by atoms with Gasteiger partial charge in [0.05, 0.1) is 12.1 Å². The molecule has 3 rings (SSSR count). The normalized spacial score (nSPS) is 18.0. The highest BCUT2D eigenvalue weighted by molar-refractivity contribution is 8.00. The zero-order valence-corrected chi connectivity index (χ0v) is 12.0. The number of nitrogens with one attached hydrogen (secondary N) is 1. The molecule has 2 aromatic rings. The number of imidazole rings is 1. The van der Waals surface area contributed by atoms with E-state index in [1.54, 1.807) is 23.3 Å². The number of rotatable bonds is 4. The average molecular weight is 302 g/mol. The van der Waals surface area contributed by atoms with E-state index >= 15 is 0 Å². The van der Waals surface area contributed by atoms with Crippen LogP contribution < -0.4 is 5.43 Å². The molecule has 2 heterocycles. The Labute approximate surface area is 126 Å². The van der Waals surface area contributed by atoms with E-state index in [4.69, 9.17) is 0 Å². The van der Waals surface area contributed by atoms with Crippen molar-refractivity contribution >= 4 is 23.6 Å². The standard InChI is InChI=1S/C14H14N4O2S/c19-12(8-17-7-6-15-10-17)16-18-13(20)9-21-14(18)11-4-2-1-3-5-11/h1-7,10,14H,8-9H2,(H,16,19). The Morgan fingerprint density at radius 3 is 2.90 bits per heavy atom. The third-order valence-electron chi connectivity index (χ3n) is 3.08. The summed E-state index contributed by atoms with van der Waals surface area (Å²) >= 11 is 1.50. The van der Waals surface area contributed by atoms with E-state index in [1.807, 2.05) is 30.3 Å². The number of hydrazine groups is 1. The molecule has 1 fully saturated rings. The third kappa shape index (κ3) is 3.08. The highest BCUT2D eigenvalue weighted by Crippen LogP contribution is 2.36. The Morgan fingerprint density at radius 1 is 1.38 bits per heavy atom. The van der Waals surface area contributed by atoms with E-state index in [2.05, 4.69) is 10.4 Å². The van der Waals surface area contributed by atoms with Gasteiger partial charge in [0.25, 0.3) is 11.8 Å². The fourth-order valence-corrected chi connectivity index (χ4v) is 3.23. The zero-order chi connectivity index (χ0) is 14.7. The van der Waals surface area contributed by atoms with E-state index in [0.29, 0.717) is 5.75 Å². The molecule has 108 valence electrons. The predicted octanol–water partition coefficient (Wildman–Crippen LogP) is 1.19. The van der Waals surface area contributed by atoms with Crippen LogP contribution in [0.3, 0.4) is 0 Å². The molecule has 21 heavy (non-hydrogen) atoms. The lowest BCUT2D eigenvalue weighted by Crippen LogP contribution is -2.45. The number of carbonyl (C=O) groups excluding carboxylic acids is 2. The lowest BCUT2D eigenvalue weighted by atomic mass is 10.2. The van der Waals surface area contributed by atoms with Gasteiger partial charge in [-0.1, -0.05) is 30.3 Å². The van der Waals surface area contributed by atoms with Gasteiger partial charge in [0.1, 0.15) is 11.9 Å². The SMILES string of the molecule is O=C(Cn1ccnc1)NN1C(=O)CSC1c1ccccc1. The van der Waals surface area contributed by atoms with Gasteiger partial charge in [-0.05, 0) is 5.56 Å².